The van der Waals surface area contributed by atoms with E-state index in [0.29, 0.717) is 0 Å². The minimum Gasteiger partial charge on any atom is -0.481 e. The highest BCUT2D eigenvalue weighted by Crippen LogP contribution is 2.05. The van der Waals surface area contributed by atoms with E-state index >= 15 is 0 Å². The van der Waals surface area contributed by atoms with E-state index in [1.54, 1.807) is 0 Å². The molecule has 0 saturated heterocycles. The number of hydrogen-bond acceptors (Lipinski definition) is 3. The second-order valence-electron chi connectivity index (χ2n) is 1.44. The fourth-order valence-corrected chi connectivity index (χ4v) is 0.396. The largest absolute Gasteiger partial charge is 0.481 e. The Bertz CT molecular complexity index is 94.5. The maximum Gasteiger partial charge on any atom is 0.306 e. The third-order valence-corrected chi connectivity index (χ3v) is 0.738. The number of carboxylic acid groups (broad SMARTS) is 1. The molecule has 0 fully saturated rings. The molecule has 11 heavy (non-hydrogen) atoms. The number of hydrogen-bond donors (Lipinski definition) is 3. The minimum atomic E-state index is -0.977. The molecule has 0 amide bonds. The molecule has 0 rings (SSSR count). The predicted molar refractivity (Wildman–Crippen MR) is 41.9 cm³/mol. The van der Waals surface area contributed by atoms with Gasteiger partial charge < -0.3 is 15.3 Å². The van der Waals surface area contributed by atoms with Gasteiger partial charge in [0.25, 0.3) is 0 Å². The number of carboxylic acids is 1. The molecule has 0 aromatic heterocycles. The smallest absolute Gasteiger partial charge is 0.306 e. The standard InChI is InChI=1S/C3H4Cl2O2.C2H6O2/c4-2(5)1-3(6)7;3-1-2-4/h2H,1H2,(H,6,7);3-4H,1-2H2. The lowest BCUT2D eigenvalue weighted by Crippen LogP contribution is -1.99. The van der Waals surface area contributed by atoms with Crippen molar-refractivity contribution < 1.29 is 20.1 Å². The highest BCUT2D eigenvalue weighted by atomic mass is 35.5. The monoisotopic (exact) mass is 204 g/mol. The number of rotatable bonds is 3. The number of aliphatic hydroxyl groups excluding tert-OH is 2. The van der Waals surface area contributed by atoms with Gasteiger partial charge in [0.05, 0.1) is 19.6 Å². The molecular weight excluding hydrogens is 195 g/mol. The van der Waals surface area contributed by atoms with E-state index < -0.39 is 10.8 Å². The molecule has 0 aliphatic heterocycles. The van der Waals surface area contributed by atoms with Crippen LogP contribution in [-0.2, 0) is 4.79 Å². The highest BCUT2D eigenvalue weighted by Gasteiger charge is 2.03. The van der Waals surface area contributed by atoms with Gasteiger partial charge in [0.15, 0.2) is 0 Å². The quantitative estimate of drug-likeness (QED) is 0.576. The summed E-state index contributed by atoms with van der Waals surface area (Å²) in [5.41, 5.74) is 0. The summed E-state index contributed by atoms with van der Waals surface area (Å²) in [6.07, 6.45) is -0.191. The van der Waals surface area contributed by atoms with Crippen molar-refractivity contribution in [3.05, 3.63) is 0 Å². The van der Waals surface area contributed by atoms with Gasteiger partial charge in [-0.05, 0) is 0 Å². The first-order valence-electron chi connectivity index (χ1n) is 2.76. The summed E-state index contributed by atoms with van der Waals surface area (Å²) in [4.78, 5) is 8.86. The van der Waals surface area contributed by atoms with E-state index in [1.165, 1.54) is 0 Å². The van der Waals surface area contributed by atoms with E-state index in [0.717, 1.165) is 0 Å². The van der Waals surface area contributed by atoms with E-state index in [9.17, 15) is 4.79 Å². The maximum atomic E-state index is 9.64. The summed E-state index contributed by atoms with van der Waals surface area (Å²) in [6.45, 7) is -0.250. The zero-order valence-electron chi connectivity index (χ0n) is 5.70. The Balaban J connectivity index is 0. The molecule has 0 aliphatic carbocycles. The first kappa shape index (κ1) is 13.6. The van der Waals surface area contributed by atoms with Crippen LogP contribution < -0.4 is 0 Å². The van der Waals surface area contributed by atoms with Crippen molar-refractivity contribution in [1.29, 1.82) is 0 Å². The lowest BCUT2D eigenvalue weighted by Gasteiger charge is -1.89. The van der Waals surface area contributed by atoms with Gasteiger partial charge >= 0.3 is 5.97 Å². The molecule has 0 aromatic rings. The van der Waals surface area contributed by atoms with Crippen LogP contribution in [0, 0.1) is 0 Å². The Kier molecular flexibility index (Phi) is 12.3. The fourth-order valence-electron chi connectivity index (χ4n) is 0.132. The van der Waals surface area contributed by atoms with Crippen LogP contribution in [0.25, 0.3) is 0 Å². The lowest BCUT2D eigenvalue weighted by atomic mass is 10.5. The molecule has 0 bridgehead atoms. The number of carbonyl (C=O) groups is 1. The van der Waals surface area contributed by atoms with Crippen molar-refractivity contribution in [2.24, 2.45) is 0 Å². The topological polar surface area (TPSA) is 77.8 Å². The van der Waals surface area contributed by atoms with Crippen molar-refractivity contribution in [3.63, 3.8) is 0 Å². The van der Waals surface area contributed by atoms with Gasteiger partial charge in [0.2, 0.25) is 0 Å². The molecule has 4 nitrogen and oxygen atoms in total. The van der Waals surface area contributed by atoms with Crippen LogP contribution in [0.2, 0.25) is 0 Å². The van der Waals surface area contributed by atoms with Crippen LogP contribution in [0.4, 0.5) is 0 Å². The van der Waals surface area contributed by atoms with Crippen molar-refractivity contribution >= 4 is 29.2 Å². The number of aliphatic hydroxyl groups is 2. The molecule has 0 heterocycles. The van der Waals surface area contributed by atoms with Gasteiger partial charge in [-0.3, -0.25) is 4.79 Å². The first-order valence-corrected chi connectivity index (χ1v) is 3.63. The van der Waals surface area contributed by atoms with Crippen LogP contribution in [0.5, 0.6) is 0 Å². The molecule has 0 radical (unpaired) electrons. The highest BCUT2D eigenvalue weighted by molar-refractivity contribution is 6.44. The predicted octanol–water partition coefficient (Wildman–Crippen LogP) is 0.236. The number of aliphatic carboxylic acids is 1. The van der Waals surface area contributed by atoms with E-state index in [-0.39, 0.29) is 19.6 Å². The summed E-state index contributed by atoms with van der Waals surface area (Å²) >= 11 is 10.1. The molecule has 0 aliphatic rings. The van der Waals surface area contributed by atoms with Gasteiger partial charge in [0.1, 0.15) is 4.84 Å². The van der Waals surface area contributed by atoms with Gasteiger partial charge in [0, 0.05) is 0 Å². The van der Waals surface area contributed by atoms with E-state index in [4.69, 9.17) is 38.5 Å². The Morgan fingerprint density at radius 2 is 1.64 bits per heavy atom. The van der Waals surface area contributed by atoms with E-state index in [1.807, 2.05) is 0 Å². The summed E-state index contributed by atoms with van der Waals surface area (Å²) in [6, 6.07) is 0. The van der Waals surface area contributed by atoms with Gasteiger partial charge in [-0.2, -0.15) is 0 Å². The third-order valence-electron chi connectivity index (χ3n) is 0.429. The van der Waals surface area contributed by atoms with Crippen LogP contribution in [-0.4, -0.2) is 39.3 Å². The Hall–Kier alpha value is -0.0300. The summed E-state index contributed by atoms with van der Waals surface area (Å²) in [7, 11) is 0. The molecule has 6 heteroatoms. The van der Waals surface area contributed by atoms with Gasteiger partial charge in [-0.15, -0.1) is 23.2 Å². The van der Waals surface area contributed by atoms with Crippen LogP contribution in [0.3, 0.4) is 0 Å². The van der Waals surface area contributed by atoms with E-state index in [2.05, 4.69) is 0 Å². The zero-order chi connectivity index (χ0) is 9.28. The minimum absolute atomic E-state index is 0.125. The Morgan fingerprint density at radius 1 is 1.27 bits per heavy atom. The Labute approximate surface area is 74.4 Å². The lowest BCUT2D eigenvalue weighted by molar-refractivity contribution is -0.136. The van der Waals surface area contributed by atoms with Crippen molar-refractivity contribution in [3.8, 4) is 0 Å². The summed E-state index contributed by atoms with van der Waals surface area (Å²) in [5.74, 6) is -0.977. The third kappa shape index (κ3) is 25.6. The van der Waals surface area contributed by atoms with Crippen molar-refractivity contribution in [2.75, 3.05) is 13.2 Å². The molecule has 0 unspecified atom stereocenters. The van der Waals surface area contributed by atoms with Crippen LogP contribution >= 0.6 is 23.2 Å². The van der Waals surface area contributed by atoms with Gasteiger partial charge in [-0.1, -0.05) is 0 Å². The first-order chi connectivity index (χ1) is 5.04. The average molecular weight is 205 g/mol. The maximum absolute atomic E-state index is 9.64. The number of alkyl halides is 2. The molecule has 0 atom stereocenters. The molecule has 68 valence electrons. The average Bonchev–Trinajstić information content (AvgIpc) is 1.85. The summed E-state index contributed by atoms with van der Waals surface area (Å²) < 4.78 is 0. The van der Waals surface area contributed by atoms with Crippen LogP contribution in [0.1, 0.15) is 6.42 Å². The molecule has 0 aromatic carbocycles. The second-order valence-corrected chi connectivity index (χ2v) is 2.71. The number of halogens is 2. The Morgan fingerprint density at radius 3 is 1.64 bits per heavy atom. The van der Waals surface area contributed by atoms with Crippen LogP contribution in [0.15, 0.2) is 0 Å². The molecule has 0 saturated carbocycles. The van der Waals surface area contributed by atoms with Crippen molar-refractivity contribution in [1.82, 2.24) is 0 Å². The van der Waals surface area contributed by atoms with Crippen molar-refractivity contribution in [2.45, 2.75) is 11.3 Å². The second kappa shape index (κ2) is 9.97. The molecular formula is C5H10Cl2O4. The molecule has 0 spiro atoms. The SMILES string of the molecule is O=C(O)CC(Cl)Cl.OCCO. The summed E-state index contributed by atoms with van der Waals surface area (Å²) in [5, 5.41) is 23.2. The fraction of sp³-hybridized carbons (Fsp3) is 0.800. The molecule has 3 N–H and O–H groups in total. The zero-order valence-corrected chi connectivity index (χ0v) is 7.22. The van der Waals surface area contributed by atoms with Gasteiger partial charge in [-0.25, -0.2) is 0 Å². The normalized spacial score (nSPS) is 8.82.